The number of ether oxygens (including phenoxy) is 2. The molecule has 0 aromatic carbocycles. The number of rotatable bonds is 7. The van der Waals surface area contributed by atoms with Gasteiger partial charge in [0.15, 0.2) is 0 Å². The van der Waals surface area contributed by atoms with Crippen LogP contribution in [0.15, 0.2) is 0 Å². The molecule has 0 aromatic rings. The first-order valence-corrected chi connectivity index (χ1v) is 5.17. The molecule has 0 saturated carbocycles. The van der Waals surface area contributed by atoms with E-state index in [-0.39, 0.29) is 26.3 Å². The zero-order chi connectivity index (χ0) is 14.0. The first kappa shape index (κ1) is 16.5. The summed E-state index contributed by atoms with van der Waals surface area (Å²) < 4.78 is 43.7. The van der Waals surface area contributed by atoms with E-state index in [1.54, 1.807) is 6.92 Å². The summed E-state index contributed by atoms with van der Waals surface area (Å²) in [6.45, 7) is -0.206. The molecule has 106 valence electrons. The van der Waals surface area contributed by atoms with Gasteiger partial charge in [-0.15, -0.1) is 0 Å². The minimum Gasteiger partial charge on any atom is -0.465 e. The zero-order valence-corrected chi connectivity index (χ0v) is 9.80. The summed E-state index contributed by atoms with van der Waals surface area (Å²) in [4.78, 5) is 21.8. The van der Waals surface area contributed by atoms with E-state index >= 15 is 0 Å². The molecule has 0 rings (SSSR count). The molecule has 0 bridgehead atoms. The van der Waals surface area contributed by atoms with Gasteiger partial charge in [0.05, 0.1) is 13.2 Å². The van der Waals surface area contributed by atoms with E-state index < -0.39 is 24.8 Å². The van der Waals surface area contributed by atoms with Crippen LogP contribution in [0.2, 0.25) is 0 Å². The van der Waals surface area contributed by atoms with E-state index in [4.69, 9.17) is 0 Å². The topological polar surface area (TPSA) is 76.7 Å². The van der Waals surface area contributed by atoms with E-state index in [0.29, 0.717) is 0 Å². The summed E-state index contributed by atoms with van der Waals surface area (Å²) in [5, 5.41) is 4.39. The van der Waals surface area contributed by atoms with Gasteiger partial charge in [0.25, 0.3) is 0 Å². The van der Waals surface area contributed by atoms with Crippen LogP contribution in [0.5, 0.6) is 0 Å². The van der Waals surface area contributed by atoms with Crippen LogP contribution in [0.3, 0.4) is 0 Å². The molecule has 0 spiro atoms. The molecule has 0 atom stereocenters. The first-order chi connectivity index (χ1) is 8.35. The van der Waals surface area contributed by atoms with Gasteiger partial charge >= 0.3 is 18.2 Å². The van der Waals surface area contributed by atoms with Crippen LogP contribution in [0.1, 0.15) is 6.92 Å². The normalized spacial score (nSPS) is 10.9. The third kappa shape index (κ3) is 11.0. The quantitative estimate of drug-likeness (QED) is 0.520. The second kappa shape index (κ2) is 8.56. The maximum Gasteiger partial charge on any atom is 0.411 e. The van der Waals surface area contributed by atoms with E-state index in [2.05, 4.69) is 20.1 Å². The van der Waals surface area contributed by atoms with E-state index in [9.17, 15) is 22.8 Å². The highest BCUT2D eigenvalue weighted by molar-refractivity contribution is 5.80. The number of halogens is 3. The molecule has 2 amide bonds. The Morgan fingerprint density at radius 2 is 1.89 bits per heavy atom. The van der Waals surface area contributed by atoms with Crippen molar-refractivity contribution in [1.29, 1.82) is 0 Å². The monoisotopic (exact) mass is 272 g/mol. The Morgan fingerprint density at radius 1 is 1.22 bits per heavy atom. The van der Waals surface area contributed by atoms with Gasteiger partial charge in [-0.3, -0.25) is 4.79 Å². The van der Waals surface area contributed by atoms with Crippen molar-refractivity contribution < 1.29 is 32.2 Å². The standard InChI is InChI=1S/C9H15F3N2O4/c1-2-18-7(15)5-14-8(16)13-3-4-17-6-9(10,11)12/h2-6H2,1H3,(H2,13,14,16). The van der Waals surface area contributed by atoms with Crippen LogP contribution in [-0.2, 0) is 14.3 Å². The van der Waals surface area contributed by atoms with E-state index in [1.165, 1.54) is 0 Å². The Kier molecular flexibility index (Phi) is 7.84. The highest BCUT2D eigenvalue weighted by atomic mass is 19.4. The molecule has 0 heterocycles. The molecule has 0 fully saturated rings. The highest BCUT2D eigenvalue weighted by Crippen LogP contribution is 2.13. The molecule has 0 aliphatic carbocycles. The lowest BCUT2D eigenvalue weighted by atomic mass is 10.6. The lowest BCUT2D eigenvalue weighted by molar-refractivity contribution is -0.173. The van der Waals surface area contributed by atoms with Gasteiger partial charge in [-0.2, -0.15) is 13.2 Å². The van der Waals surface area contributed by atoms with Crippen molar-refractivity contribution >= 4 is 12.0 Å². The summed E-state index contributed by atoms with van der Waals surface area (Å²) in [7, 11) is 0. The van der Waals surface area contributed by atoms with Crippen molar-refractivity contribution in [3.05, 3.63) is 0 Å². The molecule has 2 N–H and O–H groups in total. The summed E-state index contributed by atoms with van der Waals surface area (Å²) in [5.74, 6) is -0.596. The van der Waals surface area contributed by atoms with Crippen molar-refractivity contribution in [3.63, 3.8) is 0 Å². The molecule has 0 saturated heterocycles. The maximum absolute atomic E-state index is 11.6. The van der Waals surface area contributed by atoms with Crippen LogP contribution < -0.4 is 10.6 Å². The van der Waals surface area contributed by atoms with Crippen LogP contribution in [0.25, 0.3) is 0 Å². The van der Waals surface area contributed by atoms with Crippen LogP contribution in [0.4, 0.5) is 18.0 Å². The predicted octanol–water partition coefficient (Wildman–Crippen LogP) is 0.428. The van der Waals surface area contributed by atoms with Gasteiger partial charge in [0, 0.05) is 6.54 Å². The van der Waals surface area contributed by atoms with Crippen molar-refractivity contribution in [3.8, 4) is 0 Å². The largest absolute Gasteiger partial charge is 0.465 e. The smallest absolute Gasteiger partial charge is 0.411 e. The molecule has 0 aliphatic heterocycles. The van der Waals surface area contributed by atoms with Gasteiger partial charge in [0.2, 0.25) is 0 Å². The summed E-state index contributed by atoms with van der Waals surface area (Å²) >= 11 is 0. The van der Waals surface area contributed by atoms with E-state index in [1.807, 2.05) is 0 Å². The van der Waals surface area contributed by atoms with Gasteiger partial charge in [-0.05, 0) is 6.92 Å². The Labute approximate surface area is 102 Å². The van der Waals surface area contributed by atoms with Crippen LogP contribution in [-0.4, -0.2) is 51.1 Å². The highest BCUT2D eigenvalue weighted by Gasteiger charge is 2.27. The van der Waals surface area contributed by atoms with Crippen LogP contribution >= 0.6 is 0 Å². The molecular formula is C9H15F3N2O4. The number of amides is 2. The minimum atomic E-state index is -4.38. The predicted molar refractivity (Wildman–Crippen MR) is 54.9 cm³/mol. The number of hydrogen-bond acceptors (Lipinski definition) is 4. The van der Waals surface area contributed by atoms with E-state index in [0.717, 1.165) is 0 Å². The van der Waals surface area contributed by atoms with Crippen molar-refractivity contribution in [2.75, 3.05) is 32.9 Å². The molecule has 9 heteroatoms. The lowest BCUT2D eigenvalue weighted by Gasteiger charge is -2.09. The third-order valence-electron chi connectivity index (χ3n) is 1.50. The Morgan fingerprint density at radius 3 is 2.44 bits per heavy atom. The maximum atomic E-state index is 11.6. The molecule has 18 heavy (non-hydrogen) atoms. The fourth-order valence-electron chi connectivity index (χ4n) is 0.852. The number of esters is 1. The van der Waals surface area contributed by atoms with Gasteiger partial charge in [-0.25, -0.2) is 4.79 Å². The Bertz CT molecular complexity index is 271. The zero-order valence-electron chi connectivity index (χ0n) is 9.80. The fourth-order valence-corrected chi connectivity index (χ4v) is 0.852. The Hall–Kier alpha value is -1.51. The van der Waals surface area contributed by atoms with Crippen molar-refractivity contribution in [1.82, 2.24) is 10.6 Å². The number of alkyl halides is 3. The summed E-state index contributed by atoms with van der Waals surface area (Å²) in [6, 6.07) is -0.682. The molecule has 6 nitrogen and oxygen atoms in total. The number of carbonyl (C=O) groups excluding carboxylic acids is 2. The number of carbonyl (C=O) groups is 2. The average molecular weight is 272 g/mol. The minimum absolute atomic E-state index is 0.0925. The van der Waals surface area contributed by atoms with Gasteiger partial charge in [0.1, 0.15) is 13.2 Å². The summed E-state index contributed by atoms with van der Waals surface area (Å²) in [6.07, 6.45) is -4.38. The summed E-state index contributed by atoms with van der Waals surface area (Å²) in [5.41, 5.74) is 0. The van der Waals surface area contributed by atoms with Crippen LogP contribution in [0, 0.1) is 0 Å². The molecule has 0 radical (unpaired) electrons. The number of nitrogens with one attached hydrogen (secondary N) is 2. The second-order valence-corrected chi connectivity index (χ2v) is 3.08. The van der Waals surface area contributed by atoms with Crippen molar-refractivity contribution in [2.45, 2.75) is 13.1 Å². The Balaban J connectivity index is 3.46. The molecule has 0 unspecified atom stereocenters. The third-order valence-corrected chi connectivity index (χ3v) is 1.50. The SMILES string of the molecule is CCOC(=O)CNC(=O)NCCOCC(F)(F)F. The molecule has 0 aliphatic rings. The first-order valence-electron chi connectivity index (χ1n) is 5.17. The molecular weight excluding hydrogens is 257 g/mol. The number of hydrogen-bond donors (Lipinski definition) is 2. The molecule has 0 aromatic heterocycles. The fraction of sp³-hybridized carbons (Fsp3) is 0.778. The lowest BCUT2D eigenvalue weighted by Crippen LogP contribution is -2.40. The van der Waals surface area contributed by atoms with Crippen molar-refractivity contribution in [2.24, 2.45) is 0 Å². The van der Waals surface area contributed by atoms with Gasteiger partial charge in [-0.1, -0.05) is 0 Å². The second-order valence-electron chi connectivity index (χ2n) is 3.08. The average Bonchev–Trinajstić information content (AvgIpc) is 2.25. The van der Waals surface area contributed by atoms with Gasteiger partial charge < -0.3 is 20.1 Å². The number of urea groups is 1.